The number of aliphatic imine (C=N–C) groups is 2. The topological polar surface area (TPSA) is 48.8 Å². The van der Waals surface area contributed by atoms with Gasteiger partial charge in [0.1, 0.15) is 5.04 Å². The Labute approximate surface area is 193 Å². The molecule has 1 aromatic carbocycles. The lowest BCUT2D eigenvalue weighted by molar-refractivity contribution is 0.428. The van der Waals surface area contributed by atoms with Crippen LogP contribution in [-0.4, -0.2) is 30.5 Å². The summed E-state index contributed by atoms with van der Waals surface area (Å²) in [5.74, 6) is 1.03. The average molecular weight is 439 g/mol. The van der Waals surface area contributed by atoms with Crippen molar-refractivity contribution in [2.45, 2.75) is 54.4 Å². The number of unbranched alkanes of at least 4 members (excludes halogenated alkanes) is 1. The van der Waals surface area contributed by atoms with Gasteiger partial charge in [-0.15, -0.1) is 0 Å². The Morgan fingerprint density at radius 3 is 2.32 bits per heavy atom. The van der Waals surface area contributed by atoms with Gasteiger partial charge in [0.15, 0.2) is 0 Å². The molecule has 1 aromatic rings. The van der Waals surface area contributed by atoms with E-state index in [1.165, 1.54) is 22.3 Å². The van der Waals surface area contributed by atoms with Crippen molar-refractivity contribution in [1.82, 2.24) is 10.6 Å². The molecule has 2 rings (SSSR count). The fourth-order valence-corrected chi connectivity index (χ4v) is 4.13. The molecule has 1 heterocycles. The zero-order valence-corrected chi connectivity index (χ0v) is 20.8. The van der Waals surface area contributed by atoms with Crippen LogP contribution in [0.25, 0.3) is 5.57 Å². The summed E-state index contributed by atoms with van der Waals surface area (Å²) in [4.78, 5) is 9.12. The molecule has 168 valence electrons. The molecule has 0 aliphatic carbocycles. The molecule has 0 radical (unpaired) electrons. The van der Waals surface area contributed by atoms with Crippen LogP contribution < -0.4 is 10.6 Å². The zero-order valence-electron chi connectivity index (χ0n) is 20.0. The molecule has 1 aliphatic heterocycles. The largest absolute Gasteiger partial charge is 0.388 e. The van der Waals surface area contributed by atoms with E-state index in [-0.39, 0.29) is 5.41 Å². The van der Waals surface area contributed by atoms with Gasteiger partial charge in [-0.2, -0.15) is 0 Å². The lowest BCUT2D eigenvalue weighted by atomic mass is 9.97. The summed E-state index contributed by atoms with van der Waals surface area (Å²) >= 11 is 1.66. The zero-order chi connectivity index (χ0) is 22.9. The molecule has 0 bridgehead atoms. The predicted molar refractivity (Wildman–Crippen MR) is 140 cm³/mol. The molecule has 0 aromatic heterocycles. The summed E-state index contributed by atoms with van der Waals surface area (Å²) in [7, 11) is 0. The summed E-state index contributed by atoms with van der Waals surface area (Å²) in [6, 6.07) is 8.68. The first-order valence-corrected chi connectivity index (χ1v) is 11.9. The summed E-state index contributed by atoms with van der Waals surface area (Å²) in [6.45, 7) is 19.4. The molecule has 0 spiro atoms. The minimum absolute atomic E-state index is 0.232. The van der Waals surface area contributed by atoms with Crippen molar-refractivity contribution < 1.29 is 0 Å². The molecule has 0 saturated heterocycles. The first-order chi connectivity index (χ1) is 14.7. The summed E-state index contributed by atoms with van der Waals surface area (Å²) in [5, 5.41) is 10.2. The van der Waals surface area contributed by atoms with Gasteiger partial charge < -0.3 is 10.6 Å². The van der Waals surface area contributed by atoms with Gasteiger partial charge in [0.05, 0.1) is 5.84 Å². The molecular formula is C26H38N4S. The number of rotatable bonds is 9. The van der Waals surface area contributed by atoms with Crippen LogP contribution in [0, 0.1) is 12.3 Å². The minimum Gasteiger partial charge on any atom is -0.388 e. The highest BCUT2D eigenvalue weighted by Gasteiger charge is 2.23. The Kier molecular flexibility index (Phi) is 9.63. The van der Waals surface area contributed by atoms with Gasteiger partial charge in [-0.25, -0.2) is 4.99 Å². The summed E-state index contributed by atoms with van der Waals surface area (Å²) in [5.41, 5.74) is 6.28. The first-order valence-electron chi connectivity index (χ1n) is 11.0. The molecule has 2 N–H and O–H groups in total. The quantitative estimate of drug-likeness (QED) is 0.269. The third-order valence-corrected chi connectivity index (χ3v) is 5.77. The van der Waals surface area contributed by atoms with Gasteiger partial charge >= 0.3 is 0 Å². The molecule has 1 aliphatic rings. The number of nitrogens with one attached hydrogen (secondary N) is 2. The molecule has 0 saturated carbocycles. The van der Waals surface area contributed by atoms with Crippen LogP contribution >= 0.6 is 11.8 Å². The Bertz CT molecular complexity index is 868. The normalized spacial score (nSPS) is 17.5. The molecule has 0 amide bonds. The van der Waals surface area contributed by atoms with Gasteiger partial charge in [-0.1, -0.05) is 68.9 Å². The van der Waals surface area contributed by atoms with Crippen LogP contribution in [-0.2, 0) is 0 Å². The first kappa shape index (κ1) is 25.0. The van der Waals surface area contributed by atoms with Crippen LogP contribution in [0.1, 0.15) is 58.6 Å². The van der Waals surface area contributed by atoms with Gasteiger partial charge in [-0.05, 0) is 50.0 Å². The second kappa shape index (κ2) is 11.9. The average Bonchev–Trinajstić information content (AvgIpc) is 3.13. The van der Waals surface area contributed by atoms with Gasteiger partial charge in [0.25, 0.3) is 0 Å². The lowest BCUT2D eigenvalue weighted by Gasteiger charge is -2.16. The molecule has 4 nitrogen and oxygen atoms in total. The van der Waals surface area contributed by atoms with E-state index >= 15 is 0 Å². The third-order valence-electron chi connectivity index (χ3n) is 4.88. The van der Waals surface area contributed by atoms with E-state index in [4.69, 9.17) is 0 Å². The van der Waals surface area contributed by atoms with Crippen molar-refractivity contribution in [2.24, 2.45) is 15.4 Å². The molecule has 0 atom stereocenters. The number of allylic oxidation sites excluding steroid dienone is 2. The number of amidine groups is 1. The van der Waals surface area contributed by atoms with Gasteiger partial charge in [0, 0.05) is 42.7 Å². The Balaban J connectivity index is 1.91. The van der Waals surface area contributed by atoms with E-state index in [1.807, 2.05) is 0 Å². The van der Waals surface area contributed by atoms with Crippen molar-refractivity contribution >= 4 is 28.2 Å². The van der Waals surface area contributed by atoms with E-state index in [9.17, 15) is 0 Å². The van der Waals surface area contributed by atoms with Crippen molar-refractivity contribution in [1.29, 1.82) is 0 Å². The van der Waals surface area contributed by atoms with Gasteiger partial charge in [0.2, 0.25) is 0 Å². The molecule has 31 heavy (non-hydrogen) atoms. The summed E-state index contributed by atoms with van der Waals surface area (Å²) in [6.07, 6.45) is 3.81. The van der Waals surface area contributed by atoms with E-state index in [2.05, 4.69) is 98.4 Å². The van der Waals surface area contributed by atoms with Crippen LogP contribution in [0.4, 0.5) is 0 Å². The number of thioether (sulfide) groups is 1. The fourth-order valence-electron chi connectivity index (χ4n) is 3.13. The second-order valence-electron chi connectivity index (χ2n) is 9.16. The SMILES string of the molecule is C=C/N=C1/SC=C(c2ccc(C)cc2)/C1=C(/C)NCCCCN/C(C)=N/CC(C)(C)C. The van der Waals surface area contributed by atoms with Crippen LogP contribution in [0.15, 0.2) is 63.7 Å². The number of aryl methyl sites for hydroxylation is 1. The molecule has 0 fully saturated rings. The second-order valence-corrected chi connectivity index (χ2v) is 10.0. The molecule has 0 unspecified atom stereocenters. The maximum atomic E-state index is 4.61. The lowest BCUT2D eigenvalue weighted by Crippen LogP contribution is -2.24. The molecular weight excluding hydrogens is 400 g/mol. The van der Waals surface area contributed by atoms with Crippen LogP contribution in [0.5, 0.6) is 0 Å². The summed E-state index contributed by atoms with van der Waals surface area (Å²) < 4.78 is 0. The van der Waals surface area contributed by atoms with Gasteiger partial charge in [-0.3, -0.25) is 4.99 Å². The van der Waals surface area contributed by atoms with E-state index < -0.39 is 0 Å². The van der Waals surface area contributed by atoms with Crippen molar-refractivity contribution in [3.63, 3.8) is 0 Å². The maximum Gasteiger partial charge on any atom is 0.110 e. The molecule has 5 heteroatoms. The van der Waals surface area contributed by atoms with E-state index in [1.54, 1.807) is 18.0 Å². The Morgan fingerprint density at radius 1 is 1.06 bits per heavy atom. The number of benzene rings is 1. The Hall–Kier alpha value is -2.27. The minimum atomic E-state index is 0.232. The van der Waals surface area contributed by atoms with Crippen molar-refractivity contribution in [3.8, 4) is 0 Å². The maximum absolute atomic E-state index is 4.61. The van der Waals surface area contributed by atoms with E-state index in [0.29, 0.717) is 0 Å². The highest BCUT2D eigenvalue weighted by Crippen LogP contribution is 2.39. The van der Waals surface area contributed by atoms with E-state index in [0.717, 1.165) is 49.1 Å². The monoisotopic (exact) mass is 438 g/mol. The van der Waals surface area contributed by atoms with Crippen LogP contribution in [0.3, 0.4) is 0 Å². The number of nitrogens with zero attached hydrogens (tertiary/aromatic N) is 2. The third kappa shape index (κ3) is 8.41. The number of hydrogen-bond acceptors (Lipinski definition) is 4. The highest BCUT2D eigenvalue weighted by atomic mass is 32.2. The standard InChI is InChI=1S/C26H38N4S/c1-8-27-25-24(23(17-31-25)22-13-11-19(2)12-14-22)20(3)28-15-9-10-16-29-21(4)30-18-26(5,6)7/h8,11-14,17,28H,1,9-10,15-16,18H2,2-7H3,(H,29,30)/b24-20+,27-25+. The van der Waals surface area contributed by atoms with Crippen molar-refractivity contribution in [2.75, 3.05) is 19.6 Å². The van der Waals surface area contributed by atoms with Crippen LogP contribution in [0.2, 0.25) is 0 Å². The Morgan fingerprint density at radius 2 is 1.71 bits per heavy atom. The fraction of sp³-hybridized carbons (Fsp3) is 0.462. The highest BCUT2D eigenvalue weighted by molar-refractivity contribution is 8.17. The number of hydrogen-bond donors (Lipinski definition) is 2. The predicted octanol–water partition coefficient (Wildman–Crippen LogP) is 6.32. The smallest absolute Gasteiger partial charge is 0.110 e. The van der Waals surface area contributed by atoms with Crippen molar-refractivity contribution in [3.05, 3.63) is 64.8 Å².